The monoisotopic (exact) mass is 274 g/mol. The molecule has 1 atom stereocenters. The van der Waals surface area contributed by atoms with Crippen molar-refractivity contribution >= 4 is 22.8 Å². The summed E-state index contributed by atoms with van der Waals surface area (Å²) in [5.41, 5.74) is 5.43. The summed E-state index contributed by atoms with van der Waals surface area (Å²) in [5, 5.41) is 0. The number of primary amides is 1. The van der Waals surface area contributed by atoms with E-state index >= 15 is 0 Å². The van der Waals surface area contributed by atoms with Gasteiger partial charge in [0.05, 0.1) is 23.3 Å². The number of hydrogen-bond donors (Lipinski definition) is 1. The average molecular weight is 274 g/mol. The molecule has 1 fully saturated rings. The maximum atomic E-state index is 14.3. The second-order valence-corrected chi connectivity index (χ2v) is 5.12. The van der Waals surface area contributed by atoms with E-state index < -0.39 is 11.6 Å². The van der Waals surface area contributed by atoms with E-state index in [0.717, 1.165) is 16.7 Å². The SMILES string of the molecule is Cc1nc2ccccc2nc1N1CCC(F)(C(N)=O)C1. The van der Waals surface area contributed by atoms with Crippen molar-refractivity contribution in [2.75, 3.05) is 18.0 Å². The molecule has 2 aromatic rings. The van der Waals surface area contributed by atoms with E-state index in [9.17, 15) is 9.18 Å². The molecular formula is C14H15FN4O. The summed E-state index contributed by atoms with van der Waals surface area (Å²) in [5.74, 6) is -0.295. The van der Waals surface area contributed by atoms with E-state index in [1.54, 1.807) is 4.90 Å². The number of alkyl halides is 1. The van der Waals surface area contributed by atoms with Crippen molar-refractivity contribution in [3.63, 3.8) is 0 Å². The van der Waals surface area contributed by atoms with Gasteiger partial charge in [-0.3, -0.25) is 4.79 Å². The van der Waals surface area contributed by atoms with E-state index in [4.69, 9.17) is 5.73 Å². The lowest BCUT2D eigenvalue weighted by Gasteiger charge is -2.20. The average Bonchev–Trinajstić information content (AvgIpc) is 2.82. The molecule has 1 amide bonds. The van der Waals surface area contributed by atoms with Crippen molar-refractivity contribution in [1.82, 2.24) is 9.97 Å². The van der Waals surface area contributed by atoms with Crippen molar-refractivity contribution < 1.29 is 9.18 Å². The number of anilines is 1. The quantitative estimate of drug-likeness (QED) is 0.897. The number of carbonyl (C=O) groups is 1. The Kier molecular flexibility index (Phi) is 2.81. The highest BCUT2D eigenvalue weighted by Gasteiger charge is 2.44. The molecule has 1 aromatic carbocycles. The van der Waals surface area contributed by atoms with Crippen molar-refractivity contribution in [2.24, 2.45) is 5.73 Å². The molecule has 5 nitrogen and oxygen atoms in total. The lowest BCUT2D eigenvalue weighted by atomic mass is 10.1. The normalized spacial score (nSPS) is 22.4. The van der Waals surface area contributed by atoms with Crippen LogP contribution in [0.4, 0.5) is 10.2 Å². The third-order valence-electron chi connectivity index (χ3n) is 3.68. The summed E-state index contributed by atoms with van der Waals surface area (Å²) in [4.78, 5) is 21.9. The number of halogens is 1. The zero-order chi connectivity index (χ0) is 14.3. The number of carbonyl (C=O) groups excluding carboxylic acids is 1. The predicted molar refractivity (Wildman–Crippen MR) is 74.1 cm³/mol. The zero-order valence-electron chi connectivity index (χ0n) is 11.1. The van der Waals surface area contributed by atoms with Crippen LogP contribution >= 0.6 is 0 Å². The van der Waals surface area contributed by atoms with Crippen LogP contribution < -0.4 is 10.6 Å². The van der Waals surface area contributed by atoms with Gasteiger partial charge in [0.25, 0.3) is 5.91 Å². The van der Waals surface area contributed by atoms with Gasteiger partial charge in [0, 0.05) is 13.0 Å². The number of rotatable bonds is 2. The third kappa shape index (κ3) is 1.97. The Morgan fingerprint density at radius 3 is 2.60 bits per heavy atom. The first-order valence-corrected chi connectivity index (χ1v) is 6.47. The molecule has 6 heteroatoms. The molecule has 1 saturated heterocycles. The number of aryl methyl sites for hydroxylation is 1. The van der Waals surface area contributed by atoms with E-state index in [0.29, 0.717) is 12.4 Å². The molecule has 0 radical (unpaired) electrons. The van der Waals surface area contributed by atoms with Gasteiger partial charge in [-0.25, -0.2) is 14.4 Å². The molecule has 1 aliphatic heterocycles. The largest absolute Gasteiger partial charge is 0.367 e. The number of aromatic nitrogens is 2. The fourth-order valence-corrected chi connectivity index (χ4v) is 2.53. The molecule has 2 N–H and O–H groups in total. The van der Waals surface area contributed by atoms with E-state index in [-0.39, 0.29) is 13.0 Å². The summed E-state index contributed by atoms with van der Waals surface area (Å²) in [6.45, 7) is 2.18. The molecule has 0 spiro atoms. The topological polar surface area (TPSA) is 72.1 Å². The molecule has 1 aliphatic rings. The Labute approximate surface area is 115 Å². The Balaban J connectivity index is 1.99. The summed E-state index contributed by atoms with van der Waals surface area (Å²) in [6, 6.07) is 7.51. The molecule has 0 saturated carbocycles. The molecule has 0 bridgehead atoms. The van der Waals surface area contributed by atoms with Crippen LogP contribution in [0.5, 0.6) is 0 Å². The van der Waals surface area contributed by atoms with Gasteiger partial charge in [0.1, 0.15) is 0 Å². The maximum absolute atomic E-state index is 14.3. The van der Waals surface area contributed by atoms with Crippen LogP contribution in [0, 0.1) is 6.92 Å². The molecule has 3 rings (SSSR count). The van der Waals surface area contributed by atoms with Gasteiger partial charge in [-0.05, 0) is 19.1 Å². The predicted octanol–water partition coefficient (Wildman–Crippen LogP) is 1.34. The van der Waals surface area contributed by atoms with Gasteiger partial charge in [-0.1, -0.05) is 12.1 Å². The summed E-state index contributed by atoms with van der Waals surface area (Å²) < 4.78 is 14.3. The number of hydrogen-bond acceptors (Lipinski definition) is 4. The first-order chi connectivity index (χ1) is 9.49. The van der Waals surface area contributed by atoms with Gasteiger partial charge in [-0.2, -0.15) is 0 Å². The van der Waals surface area contributed by atoms with Crippen molar-refractivity contribution in [3.05, 3.63) is 30.0 Å². The van der Waals surface area contributed by atoms with Gasteiger partial charge >= 0.3 is 0 Å². The highest BCUT2D eigenvalue weighted by Crippen LogP contribution is 2.30. The van der Waals surface area contributed by atoms with Gasteiger partial charge < -0.3 is 10.6 Å². The van der Waals surface area contributed by atoms with Crippen molar-refractivity contribution in [2.45, 2.75) is 19.0 Å². The standard InChI is InChI=1S/C14H15FN4O/c1-9-12(18-11-5-3-2-4-10(11)17-9)19-7-6-14(15,8-19)13(16)20/h2-5H,6-8H2,1H3,(H2,16,20). The number of nitrogens with zero attached hydrogens (tertiary/aromatic N) is 3. The van der Waals surface area contributed by atoms with Crippen molar-refractivity contribution in [3.8, 4) is 0 Å². The van der Waals surface area contributed by atoms with E-state index in [1.165, 1.54) is 0 Å². The van der Waals surface area contributed by atoms with Crippen LogP contribution in [-0.4, -0.2) is 34.6 Å². The van der Waals surface area contributed by atoms with Gasteiger partial charge in [0.15, 0.2) is 5.82 Å². The van der Waals surface area contributed by atoms with Crippen LogP contribution in [0.3, 0.4) is 0 Å². The number of benzene rings is 1. The highest BCUT2D eigenvalue weighted by molar-refractivity contribution is 5.85. The minimum absolute atomic E-state index is 0.0593. The maximum Gasteiger partial charge on any atom is 0.257 e. The van der Waals surface area contributed by atoms with Crippen molar-refractivity contribution in [1.29, 1.82) is 0 Å². The first-order valence-electron chi connectivity index (χ1n) is 6.47. The Morgan fingerprint density at radius 1 is 1.35 bits per heavy atom. The van der Waals surface area contributed by atoms with Gasteiger partial charge in [-0.15, -0.1) is 0 Å². The van der Waals surface area contributed by atoms with Crippen LogP contribution in [0.15, 0.2) is 24.3 Å². The molecule has 1 unspecified atom stereocenters. The molecular weight excluding hydrogens is 259 g/mol. The molecule has 1 aromatic heterocycles. The number of nitrogens with two attached hydrogens (primary N) is 1. The Morgan fingerprint density at radius 2 is 2.00 bits per heavy atom. The minimum atomic E-state index is -1.97. The fraction of sp³-hybridized carbons (Fsp3) is 0.357. The van der Waals surface area contributed by atoms with Crippen LogP contribution in [0.2, 0.25) is 0 Å². The minimum Gasteiger partial charge on any atom is -0.367 e. The number of amides is 1. The van der Waals surface area contributed by atoms with Crippen LogP contribution in [0.1, 0.15) is 12.1 Å². The Hall–Kier alpha value is -2.24. The first kappa shape index (κ1) is 12.8. The molecule has 20 heavy (non-hydrogen) atoms. The summed E-state index contributed by atoms with van der Waals surface area (Å²) in [6.07, 6.45) is 0.0935. The smallest absolute Gasteiger partial charge is 0.257 e. The zero-order valence-corrected chi connectivity index (χ0v) is 11.1. The lowest BCUT2D eigenvalue weighted by Crippen LogP contribution is -2.42. The highest BCUT2D eigenvalue weighted by atomic mass is 19.1. The third-order valence-corrected chi connectivity index (χ3v) is 3.68. The van der Waals surface area contributed by atoms with E-state index in [2.05, 4.69) is 9.97 Å². The Bertz CT molecular complexity index is 690. The summed E-state index contributed by atoms with van der Waals surface area (Å²) >= 11 is 0. The van der Waals surface area contributed by atoms with Gasteiger partial charge in [0.2, 0.25) is 5.67 Å². The van der Waals surface area contributed by atoms with E-state index in [1.807, 2.05) is 31.2 Å². The van der Waals surface area contributed by atoms with Crippen LogP contribution in [-0.2, 0) is 4.79 Å². The number of fused-ring (bicyclic) bond motifs is 1. The number of para-hydroxylation sites is 2. The second kappa shape index (κ2) is 4.40. The second-order valence-electron chi connectivity index (χ2n) is 5.12. The van der Waals surface area contributed by atoms with Crippen LogP contribution in [0.25, 0.3) is 11.0 Å². The molecule has 0 aliphatic carbocycles. The fourth-order valence-electron chi connectivity index (χ4n) is 2.53. The molecule has 2 heterocycles. The lowest BCUT2D eigenvalue weighted by molar-refractivity contribution is -0.128. The molecule has 104 valence electrons. The summed E-state index contributed by atoms with van der Waals surface area (Å²) in [7, 11) is 0.